The number of hydrogen-bond donors (Lipinski definition) is 0. The van der Waals surface area contributed by atoms with Gasteiger partial charge in [-0.05, 0) is 78.9 Å². The van der Waals surface area contributed by atoms with Crippen LogP contribution in [0.1, 0.15) is 80.1 Å². The zero-order chi connectivity index (χ0) is 19.7. The molecule has 0 bridgehead atoms. The summed E-state index contributed by atoms with van der Waals surface area (Å²) in [6.45, 7) is 2.29. The number of methoxy groups -OCH3 is 1. The van der Waals surface area contributed by atoms with Gasteiger partial charge in [0.05, 0.1) is 12.7 Å². The first-order valence-electron chi connectivity index (χ1n) is 10.9. The third-order valence-electron chi connectivity index (χ3n) is 7.26. The van der Waals surface area contributed by atoms with Crippen molar-refractivity contribution in [2.75, 3.05) is 7.11 Å². The number of ether oxygens (including phenoxy) is 1. The molecule has 0 amide bonds. The lowest BCUT2D eigenvalue weighted by molar-refractivity contribution is 0.0601. The molecule has 0 heterocycles. The predicted octanol–water partition coefficient (Wildman–Crippen LogP) is 6.87. The maximum Gasteiger partial charge on any atom is 0.337 e. The first kappa shape index (κ1) is 19.4. The number of esters is 1. The van der Waals surface area contributed by atoms with E-state index in [0.29, 0.717) is 16.9 Å². The van der Waals surface area contributed by atoms with E-state index in [1.165, 1.54) is 45.6 Å². The summed E-state index contributed by atoms with van der Waals surface area (Å²) in [5.74, 6) is 2.38. The van der Waals surface area contributed by atoms with Crippen LogP contribution in [0, 0.1) is 23.6 Å². The molecule has 28 heavy (non-hydrogen) atoms. The molecular weight excluding hydrogens is 351 g/mol. The van der Waals surface area contributed by atoms with Crippen LogP contribution in [-0.4, -0.2) is 13.1 Å². The highest BCUT2D eigenvalue weighted by Crippen LogP contribution is 2.49. The quantitative estimate of drug-likeness (QED) is 0.540. The van der Waals surface area contributed by atoms with Crippen LogP contribution < -0.4 is 0 Å². The Hall–Kier alpha value is -1.90. The molecule has 0 saturated heterocycles. The van der Waals surface area contributed by atoms with Gasteiger partial charge in [0.25, 0.3) is 0 Å². The zero-order valence-corrected chi connectivity index (χ0v) is 17.0. The van der Waals surface area contributed by atoms with Gasteiger partial charge in [-0.3, -0.25) is 0 Å². The molecule has 2 fully saturated rings. The molecule has 4 rings (SSSR count). The van der Waals surface area contributed by atoms with Crippen molar-refractivity contribution in [1.29, 1.82) is 0 Å². The predicted molar refractivity (Wildman–Crippen MR) is 111 cm³/mol. The summed E-state index contributed by atoms with van der Waals surface area (Å²) in [5, 5.41) is 1.37. The minimum Gasteiger partial charge on any atom is -0.465 e. The van der Waals surface area contributed by atoms with E-state index in [1.54, 1.807) is 18.2 Å². The topological polar surface area (TPSA) is 26.3 Å². The SMILES string of the molecule is CCCC1CCC2CC(c3ccc4cc(C(=O)OC)ccc4c3F)CCC2C1. The summed E-state index contributed by atoms with van der Waals surface area (Å²) in [4.78, 5) is 11.7. The standard InChI is InChI=1S/C25H31FO2/c1-3-4-16-5-6-18-14-19(8-7-17(18)13-16)22-11-9-20-15-21(25(27)28-2)10-12-23(20)24(22)26/h9-12,15-19H,3-8,13-14H2,1-2H3. The molecule has 0 aromatic heterocycles. The van der Waals surface area contributed by atoms with E-state index in [0.717, 1.165) is 41.5 Å². The number of benzene rings is 2. The van der Waals surface area contributed by atoms with Crippen LogP contribution >= 0.6 is 0 Å². The lowest BCUT2D eigenvalue weighted by atomic mass is 9.63. The summed E-state index contributed by atoms with van der Waals surface area (Å²) in [6, 6.07) is 9.02. The van der Waals surface area contributed by atoms with E-state index in [9.17, 15) is 4.79 Å². The van der Waals surface area contributed by atoms with Crippen LogP contribution in [0.4, 0.5) is 4.39 Å². The second-order valence-corrected chi connectivity index (χ2v) is 8.89. The molecule has 0 N–H and O–H groups in total. The third-order valence-corrected chi connectivity index (χ3v) is 7.26. The van der Waals surface area contributed by atoms with Gasteiger partial charge >= 0.3 is 5.97 Å². The van der Waals surface area contributed by atoms with E-state index in [4.69, 9.17) is 4.74 Å². The Morgan fingerprint density at radius 2 is 1.86 bits per heavy atom. The highest BCUT2D eigenvalue weighted by molar-refractivity contribution is 5.95. The van der Waals surface area contributed by atoms with Crippen LogP contribution in [0.3, 0.4) is 0 Å². The molecule has 3 heteroatoms. The molecule has 2 nitrogen and oxygen atoms in total. The molecule has 150 valence electrons. The third kappa shape index (κ3) is 3.68. The maximum absolute atomic E-state index is 15.3. The van der Waals surface area contributed by atoms with Crippen molar-refractivity contribution >= 4 is 16.7 Å². The van der Waals surface area contributed by atoms with Gasteiger partial charge < -0.3 is 4.74 Å². The Labute approximate surface area is 167 Å². The number of halogens is 1. The van der Waals surface area contributed by atoms with Gasteiger partial charge in [-0.2, -0.15) is 0 Å². The summed E-state index contributed by atoms with van der Waals surface area (Å²) in [6.07, 6.45) is 10.2. The number of carbonyl (C=O) groups is 1. The van der Waals surface area contributed by atoms with Crippen LogP contribution in [0.15, 0.2) is 30.3 Å². The van der Waals surface area contributed by atoms with Gasteiger partial charge in [-0.15, -0.1) is 0 Å². The van der Waals surface area contributed by atoms with Crippen molar-refractivity contribution in [1.82, 2.24) is 0 Å². The van der Waals surface area contributed by atoms with E-state index in [2.05, 4.69) is 6.92 Å². The van der Waals surface area contributed by atoms with Gasteiger partial charge in [0.2, 0.25) is 0 Å². The van der Waals surface area contributed by atoms with Gasteiger partial charge in [0, 0.05) is 5.39 Å². The van der Waals surface area contributed by atoms with Gasteiger partial charge in [0.15, 0.2) is 0 Å². The largest absolute Gasteiger partial charge is 0.465 e. The van der Waals surface area contributed by atoms with Crippen molar-refractivity contribution in [3.8, 4) is 0 Å². The molecule has 2 aliphatic rings. The molecule has 2 aliphatic carbocycles. The van der Waals surface area contributed by atoms with E-state index >= 15 is 4.39 Å². The van der Waals surface area contributed by atoms with Gasteiger partial charge in [-0.1, -0.05) is 44.4 Å². The smallest absolute Gasteiger partial charge is 0.337 e. The monoisotopic (exact) mass is 382 g/mol. The fourth-order valence-electron chi connectivity index (χ4n) is 5.81. The van der Waals surface area contributed by atoms with Crippen LogP contribution in [0.5, 0.6) is 0 Å². The molecule has 2 aromatic rings. The second kappa shape index (κ2) is 8.23. The van der Waals surface area contributed by atoms with Crippen molar-refractivity contribution in [2.24, 2.45) is 17.8 Å². The fourth-order valence-corrected chi connectivity index (χ4v) is 5.81. The number of hydrogen-bond acceptors (Lipinski definition) is 2. The van der Waals surface area contributed by atoms with Crippen LogP contribution in [0.2, 0.25) is 0 Å². The summed E-state index contributed by atoms with van der Waals surface area (Å²) in [5.41, 5.74) is 1.33. The molecule has 0 spiro atoms. The average Bonchev–Trinajstić information content (AvgIpc) is 2.73. The van der Waals surface area contributed by atoms with E-state index < -0.39 is 0 Å². The normalized spacial score (nSPS) is 27.4. The molecule has 2 saturated carbocycles. The van der Waals surface area contributed by atoms with Gasteiger partial charge in [0.1, 0.15) is 5.82 Å². The number of carbonyl (C=O) groups excluding carboxylic acids is 1. The Morgan fingerprint density at radius 1 is 1.07 bits per heavy atom. The molecule has 4 unspecified atom stereocenters. The summed E-state index contributed by atoms with van der Waals surface area (Å²) in [7, 11) is 1.36. The minimum absolute atomic E-state index is 0.1000. The molecule has 0 aliphatic heterocycles. The summed E-state index contributed by atoms with van der Waals surface area (Å²) >= 11 is 0. The van der Waals surface area contributed by atoms with Gasteiger partial charge in [-0.25, -0.2) is 9.18 Å². The molecule has 4 atom stereocenters. The van der Waals surface area contributed by atoms with Crippen molar-refractivity contribution < 1.29 is 13.9 Å². The Morgan fingerprint density at radius 3 is 2.64 bits per heavy atom. The lowest BCUT2D eigenvalue weighted by Crippen LogP contribution is -2.30. The second-order valence-electron chi connectivity index (χ2n) is 8.89. The first-order chi connectivity index (χ1) is 13.6. The highest BCUT2D eigenvalue weighted by Gasteiger charge is 2.36. The van der Waals surface area contributed by atoms with E-state index in [-0.39, 0.29) is 11.8 Å². The Bertz CT molecular complexity index is 859. The van der Waals surface area contributed by atoms with Crippen molar-refractivity contribution in [3.63, 3.8) is 0 Å². The Kier molecular flexibility index (Phi) is 5.70. The molecule has 0 radical (unpaired) electrons. The molecular formula is C25H31FO2. The lowest BCUT2D eigenvalue weighted by Gasteiger charge is -2.42. The van der Waals surface area contributed by atoms with Crippen LogP contribution in [-0.2, 0) is 4.74 Å². The first-order valence-corrected chi connectivity index (χ1v) is 10.9. The number of fused-ring (bicyclic) bond motifs is 2. The summed E-state index contributed by atoms with van der Waals surface area (Å²) < 4.78 is 20.1. The molecule has 2 aromatic carbocycles. The van der Waals surface area contributed by atoms with Crippen molar-refractivity contribution in [2.45, 2.75) is 64.2 Å². The minimum atomic E-state index is -0.386. The van der Waals surface area contributed by atoms with Crippen LogP contribution in [0.25, 0.3) is 10.8 Å². The Balaban J connectivity index is 1.53. The average molecular weight is 383 g/mol. The maximum atomic E-state index is 15.3. The van der Waals surface area contributed by atoms with Crippen molar-refractivity contribution in [3.05, 3.63) is 47.3 Å². The fraction of sp³-hybridized carbons (Fsp3) is 0.560. The van der Waals surface area contributed by atoms with E-state index in [1.807, 2.05) is 12.1 Å². The highest BCUT2D eigenvalue weighted by atomic mass is 19.1. The number of rotatable bonds is 4. The zero-order valence-electron chi connectivity index (χ0n) is 17.0.